The normalized spacial score (nSPS) is 18.2. The van der Waals surface area contributed by atoms with Crippen molar-refractivity contribution in [3.8, 4) is 0 Å². The number of hydrogen-bond acceptors (Lipinski definition) is 4. The second-order valence-electron chi connectivity index (χ2n) is 6.04. The maximum atomic E-state index is 12.4. The Morgan fingerprint density at radius 2 is 2.17 bits per heavy atom. The molecule has 2 N–H and O–H groups in total. The van der Waals surface area contributed by atoms with Crippen molar-refractivity contribution in [1.29, 1.82) is 0 Å². The van der Waals surface area contributed by atoms with E-state index in [9.17, 15) is 9.59 Å². The fraction of sp³-hybridized carbons (Fsp3) is 0.375. The summed E-state index contributed by atoms with van der Waals surface area (Å²) in [5, 5.41) is 10.3. The molecule has 8 heteroatoms. The van der Waals surface area contributed by atoms with Gasteiger partial charge in [-0.15, -0.1) is 0 Å². The van der Waals surface area contributed by atoms with Gasteiger partial charge in [0.1, 0.15) is 5.82 Å². The highest BCUT2D eigenvalue weighted by Crippen LogP contribution is 2.25. The van der Waals surface area contributed by atoms with Crippen molar-refractivity contribution in [2.24, 2.45) is 0 Å². The van der Waals surface area contributed by atoms with Gasteiger partial charge in [0.15, 0.2) is 5.82 Å². The molecule has 0 bridgehead atoms. The summed E-state index contributed by atoms with van der Waals surface area (Å²) in [5.74, 6) is 1.06. The van der Waals surface area contributed by atoms with Gasteiger partial charge in [-0.05, 0) is 17.7 Å². The van der Waals surface area contributed by atoms with Crippen LogP contribution in [0.4, 0.5) is 4.79 Å². The van der Waals surface area contributed by atoms with Crippen LogP contribution >= 0.6 is 11.6 Å². The first-order chi connectivity index (χ1) is 11.4. The van der Waals surface area contributed by atoms with E-state index in [4.69, 9.17) is 11.6 Å². The number of benzene rings is 1. The molecule has 1 aromatic carbocycles. The fourth-order valence-corrected chi connectivity index (χ4v) is 2.75. The van der Waals surface area contributed by atoms with Gasteiger partial charge in [-0.2, -0.15) is 5.10 Å². The molecule has 2 aromatic rings. The monoisotopic (exact) mass is 347 g/mol. The van der Waals surface area contributed by atoms with Gasteiger partial charge in [0, 0.05) is 10.9 Å². The fourth-order valence-electron chi connectivity index (χ4n) is 2.55. The second-order valence-corrected chi connectivity index (χ2v) is 6.47. The van der Waals surface area contributed by atoms with E-state index in [0.29, 0.717) is 16.7 Å². The van der Waals surface area contributed by atoms with E-state index < -0.39 is 6.03 Å². The molecule has 0 aliphatic carbocycles. The number of nitrogens with zero attached hydrogens (tertiary/aromatic N) is 3. The van der Waals surface area contributed by atoms with Crippen LogP contribution in [0.2, 0.25) is 5.02 Å². The van der Waals surface area contributed by atoms with Crippen LogP contribution in [0.1, 0.15) is 49.4 Å². The molecule has 126 valence electrons. The molecule has 1 aromatic heterocycles. The minimum Gasteiger partial charge on any atom is -0.330 e. The number of carbonyl (C=O) groups excluding carboxylic acids is 2. The zero-order valence-corrected chi connectivity index (χ0v) is 14.2. The van der Waals surface area contributed by atoms with Crippen LogP contribution in [-0.2, 0) is 11.3 Å². The number of carbonyl (C=O) groups is 2. The van der Waals surface area contributed by atoms with Gasteiger partial charge in [0.05, 0.1) is 19.0 Å². The van der Waals surface area contributed by atoms with Crippen LogP contribution in [0.25, 0.3) is 0 Å². The van der Waals surface area contributed by atoms with E-state index in [-0.39, 0.29) is 30.8 Å². The van der Waals surface area contributed by atoms with Gasteiger partial charge in [0.2, 0.25) is 5.91 Å². The van der Waals surface area contributed by atoms with Gasteiger partial charge >= 0.3 is 6.03 Å². The zero-order chi connectivity index (χ0) is 17.3. The summed E-state index contributed by atoms with van der Waals surface area (Å²) in [6, 6.07) is 6.31. The smallest absolute Gasteiger partial charge is 0.325 e. The Labute approximate surface area is 144 Å². The molecule has 1 unspecified atom stereocenters. The molecule has 0 spiro atoms. The third-order valence-electron chi connectivity index (χ3n) is 3.85. The standard InChI is InChI=1S/C16H18ClN5O2/c1-9(2)15-19-13(20-21-15)8-22-14(23)7-12(18-16(22)24)10-4-3-5-11(17)6-10/h3-6,9,12H,7-8H2,1-2H3,(H,18,24)(H,19,20,21). The lowest BCUT2D eigenvalue weighted by molar-refractivity contribution is -0.130. The van der Waals surface area contributed by atoms with Crippen LogP contribution < -0.4 is 5.32 Å². The summed E-state index contributed by atoms with van der Waals surface area (Å²) in [6.45, 7) is 4.02. The number of hydrogen-bond donors (Lipinski definition) is 2. The number of amides is 3. The van der Waals surface area contributed by atoms with Crippen molar-refractivity contribution in [3.63, 3.8) is 0 Å². The highest BCUT2D eigenvalue weighted by Gasteiger charge is 2.33. The van der Waals surface area contributed by atoms with Crippen molar-refractivity contribution in [3.05, 3.63) is 46.5 Å². The minimum absolute atomic E-state index is 0.0760. The molecule has 24 heavy (non-hydrogen) atoms. The Bertz CT molecular complexity index is 755. The molecule has 0 radical (unpaired) electrons. The van der Waals surface area contributed by atoms with Crippen LogP contribution in [0, 0.1) is 0 Å². The first kappa shape index (κ1) is 16.4. The third kappa shape index (κ3) is 3.41. The Morgan fingerprint density at radius 1 is 1.38 bits per heavy atom. The summed E-state index contributed by atoms with van der Waals surface area (Å²) < 4.78 is 0. The molecule has 1 saturated heterocycles. The lowest BCUT2D eigenvalue weighted by Crippen LogP contribution is -2.50. The third-order valence-corrected chi connectivity index (χ3v) is 4.08. The van der Waals surface area contributed by atoms with Crippen molar-refractivity contribution in [1.82, 2.24) is 25.4 Å². The van der Waals surface area contributed by atoms with Crippen molar-refractivity contribution < 1.29 is 9.59 Å². The quantitative estimate of drug-likeness (QED) is 0.889. The van der Waals surface area contributed by atoms with E-state index in [1.165, 1.54) is 0 Å². The average Bonchev–Trinajstić information content (AvgIpc) is 2.99. The molecule has 1 aliphatic rings. The summed E-state index contributed by atoms with van der Waals surface area (Å²) in [7, 11) is 0. The minimum atomic E-state index is -0.446. The Kier molecular flexibility index (Phi) is 4.53. The molecule has 3 amide bonds. The lowest BCUT2D eigenvalue weighted by atomic mass is 10.0. The Balaban J connectivity index is 1.71. The first-order valence-electron chi connectivity index (χ1n) is 7.71. The van der Waals surface area contributed by atoms with Crippen molar-refractivity contribution in [2.45, 2.75) is 38.8 Å². The van der Waals surface area contributed by atoms with Gasteiger partial charge in [-0.1, -0.05) is 37.6 Å². The number of urea groups is 1. The zero-order valence-electron chi connectivity index (χ0n) is 13.4. The topological polar surface area (TPSA) is 91.0 Å². The SMILES string of the molecule is CC(C)c1n[nH]c(CN2C(=O)CC(c3cccc(Cl)c3)NC2=O)n1. The van der Waals surface area contributed by atoms with Gasteiger partial charge < -0.3 is 5.32 Å². The average molecular weight is 348 g/mol. The second kappa shape index (κ2) is 6.60. The molecule has 7 nitrogen and oxygen atoms in total. The van der Waals surface area contributed by atoms with Gasteiger partial charge in [-0.25, -0.2) is 9.78 Å². The van der Waals surface area contributed by atoms with Crippen molar-refractivity contribution in [2.75, 3.05) is 0 Å². The van der Waals surface area contributed by atoms with Crippen LogP contribution in [0.15, 0.2) is 24.3 Å². The molecular formula is C16H18ClN5O2. The predicted octanol–water partition coefficient (Wildman–Crippen LogP) is 2.76. The molecule has 1 fully saturated rings. The lowest BCUT2D eigenvalue weighted by Gasteiger charge is -2.31. The summed E-state index contributed by atoms with van der Waals surface area (Å²) >= 11 is 5.97. The predicted molar refractivity (Wildman–Crippen MR) is 88.4 cm³/mol. The Hall–Kier alpha value is -2.41. The van der Waals surface area contributed by atoms with E-state index in [2.05, 4.69) is 20.5 Å². The number of aromatic amines is 1. The van der Waals surface area contributed by atoms with Crippen molar-refractivity contribution >= 4 is 23.5 Å². The molecule has 3 rings (SSSR count). The molecular weight excluding hydrogens is 330 g/mol. The van der Waals surface area contributed by atoms with E-state index >= 15 is 0 Å². The van der Waals surface area contributed by atoms with Gasteiger partial charge in [-0.3, -0.25) is 14.8 Å². The molecule has 1 aliphatic heterocycles. The first-order valence-corrected chi connectivity index (χ1v) is 8.09. The molecule has 2 heterocycles. The summed E-state index contributed by atoms with van der Waals surface area (Å²) in [5.41, 5.74) is 0.811. The maximum Gasteiger partial charge on any atom is 0.325 e. The largest absolute Gasteiger partial charge is 0.330 e. The number of aromatic nitrogens is 3. The highest BCUT2D eigenvalue weighted by atomic mass is 35.5. The van der Waals surface area contributed by atoms with E-state index in [0.717, 1.165) is 10.5 Å². The van der Waals surface area contributed by atoms with Crippen LogP contribution in [0.5, 0.6) is 0 Å². The summed E-state index contributed by atoms with van der Waals surface area (Å²) in [4.78, 5) is 30.2. The number of halogens is 1. The van der Waals surface area contributed by atoms with E-state index in [1.807, 2.05) is 19.9 Å². The maximum absolute atomic E-state index is 12.4. The van der Waals surface area contributed by atoms with Gasteiger partial charge in [0.25, 0.3) is 0 Å². The number of H-pyrrole nitrogens is 1. The number of rotatable bonds is 4. The molecule has 0 saturated carbocycles. The highest BCUT2D eigenvalue weighted by molar-refractivity contribution is 6.30. The van der Waals surface area contributed by atoms with E-state index in [1.54, 1.807) is 18.2 Å². The molecule has 1 atom stereocenters. The van der Waals surface area contributed by atoms with Crippen LogP contribution in [-0.4, -0.2) is 32.0 Å². The number of imide groups is 1. The number of nitrogens with one attached hydrogen (secondary N) is 2. The summed E-state index contributed by atoms with van der Waals surface area (Å²) in [6.07, 6.45) is 0.178. The van der Waals surface area contributed by atoms with Crippen LogP contribution in [0.3, 0.4) is 0 Å². The Morgan fingerprint density at radius 3 is 2.79 bits per heavy atom.